The topological polar surface area (TPSA) is 127 Å². The van der Waals surface area contributed by atoms with Crippen LogP contribution in [0.1, 0.15) is 25.9 Å². The summed E-state index contributed by atoms with van der Waals surface area (Å²) in [5.41, 5.74) is 5.80. The maximum absolute atomic E-state index is 12.3. The Bertz CT molecular complexity index is 980. The Balaban J connectivity index is 1.67. The van der Waals surface area contributed by atoms with Gasteiger partial charge in [-0.15, -0.1) is 11.3 Å². The number of hydrogen-bond acceptors (Lipinski definition) is 7. The van der Waals surface area contributed by atoms with Crippen LogP contribution < -0.4 is 10.9 Å². The highest BCUT2D eigenvalue weighted by atomic mass is 32.1. The minimum absolute atomic E-state index is 0.289. The molecule has 1 aromatic carbocycles. The molecule has 0 aliphatic carbocycles. The average molecular weight is 372 g/mol. The minimum atomic E-state index is -0.808. The summed E-state index contributed by atoms with van der Waals surface area (Å²) in [7, 11) is 0. The van der Waals surface area contributed by atoms with Gasteiger partial charge in [-0.3, -0.25) is 30.6 Å². The van der Waals surface area contributed by atoms with E-state index in [9.17, 15) is 19.7 Å². The predicted octanol–water partition coefficient (Wildman–Crippen LogP) is 2.69. The lowest BCUT2D eigenvalue weighted by molar-refractivity contribution is -0.402. The molecule has 0 bridgehead atoms. The molecule has 9 nitrogen and oxygen atoms in total. The van der Waals surface area contributed by atoms with Crippen molar-refractivity contribution in [1.82, 2.24) is 15.8 Å². The second-order valence-electron chi connectivity index (χ2n) is 5.10. The van der Waals surface area contributed by atoms with E-state index in [-0.39, 0.29) is 5.76 Å². The average Bonchev–Trinajstić information content (AvgIpc) is 3.27. The maximum Gasteiger partial charge on any atom is 0.433 e. The zero-order valence-corrected chi connectivity index (χ0v) is 14.2. The first-order chi connectivity index (χ1) is 12.5. The summed E-state index contributed by atoms with van der Waals surface area (Å²) in [5, 5.41) is 11.2. The molecule has 2 N–H and O–H groups in total. The van der Waals surface area contributed by atoms with Crippen molar-refractivity contribution in [2.24, 2.45) is 0 Å². The molecule has 3 rings (SSSR count). The highest BCUT2D eigenvalue weighted by Gasteiger charge is 2.20. The zero-order chi connectivity index (χ0) is 18.7. The molecule has 10 heteroatoms. The van der Waals surface area contributed by atoms with E-state index in [4.69, 9.17) is 4.42 Å². The number of thiazole rings is 1. The van der Waals surface area contributed by atoms with Gasteiger partial charge in [-0.25, -0.2) is 4.98 Å². The van der Waals surface area contributed by atoms with Gasteiger partial charge in [-0.05, 0) is 13.0 Å². The molecule has 0 spiro atoms. The Morgan fingerprint density at radius 3 is 2.46 bits per heavy atom. The Morgan fingerprint density at radius 2 is 1.81 bits per heavy atom. The molecular weight excluding hydrogens is 360 g/mol. The number of rotatable bonds is 4. The summed E-state index contributed by atoms with van der Waals surface area (Å²) in [6.45, 7) is 1.69. The third-order valence-electron chi connectivity index (χ3n) is 3.31. The molecular formula is C16H12N4O5S. The number of amides is 2. The minimum Gasteiger partial charge on any atom is -0.395 e. The van der Waals surface area contributed by atoms with Crippen LogP contribution in [0.3, 0.4) is 0 Å². The van der Waals surface area contributed by atoms with E-state index in [2.05, 4.69) is 15.8 Å². The molecule has 0 aliphatic rings. The number of carbonyl (C=O) groups excluding carboxylic acids is 2. The second-order valence-corrected chi connectivity index (χ2v) is 6.10. The Kier molecular flexibility index (Phi) is 4.76. The normalized spacial score (nSPS) is 10.3. The van der Waals surface area contributed by atoms with Gasteiger partial charge in [0.2, 0.25) is 5.76 Å². The SMILES string of the molecule is Cc1nc(-c2ccccc2)sc1C(=O)NNC(=O)c1ccc([N+](=O)[O-])o1. The van der Waals surface area contributed by atoms with E-state index in [0.717, 1.165) is 17.7 Å². The van der Waals surface area contributed by atoms with E-state index in [0.29, 0.717) is 15.6 Å². The number of aryl methyl sites for hydroxylation is 1. The first kappa shape index (κ1) is 17.3. The van der Waals surface area contributed by atoms with Crippen LogP contribution in [0.25, 0.3) is 10.6 Å². The molecule has 0 saturated heterocycles. The molecule has 0 fully saturated rings. The number of benzene rings is 1. The number of nitrogens with one attached hydrogen (secondary N) is 2. The fraction of sp³-hybridized carbons (Fsp3) is 0.0625. The van der Waals surface area contributed by atoms with Crippen LogP contribution in [0.2, 0.25) is 0 Å². The first-order valence-corrected chi connectivity index (χ1v) is 8.15. The molecule has 0 saturated carbocycles. The van der Waals surface area contributed by atoms with Gasteiger partial charge in [0, 0.05) is 5.56 Å². The molecule has 2 amide bonds. The lowest BCUT2D eigenvalue weighted by Gasteiger charge is -2.04. The van der Waals surface area contributed by atoms with Gasteiger partial charge in [0.25, 0.3) is 5.91 Å². The van der Waals surface area contributed by atoms with Crippen molar-refractivity contribution >= 4 is 29.0 Å². The maximum atomic E-state index is 12.3. The van der Waals surface area contributed by atoms with Crippen molar-refractivity contribution in [3.63, 3.8) is 0 Å². The molecule has 2 heterocycles. The predicted molar refractivity (Wildman–Crippen MR) is 92.6 cm³/mol. The van der Waals surface area contributed by atoms with Gasteiger partial charge in [0.15, 0.2) is 0 Å². The second kappa shape index (κ2) is 7.15. The smallest absolute Gasteiger partial charge is 0.395 e. The standard InChI is InChI=1S/C16H12N4O5S/c1-9-13(26-16(17-9)10-5-3-2-4-6-10)15(22)19-18-14(21)11-7-8-12(25-11)20(23)24/h2-8H,1H3,(H,18,21)(H,19,22). The molecule has 0 atom stereocenters. The van der Waals surface area contributed by atoms with Gasteiger partial charge in [-0.2, -0.15) is 0 Å². The largest absolute Gasteiger partial charge is 0.433 e. The van der Waals surface area contributed by atoms with Crippen LogP contribution in [0.4, 0.5) is 5.88 Å². The van der Waals surface area contributed by atoms with Crippen molar-refractivity contribution in [2.75, 3.05) is 0 Å². The fourth-order valence-corrected chi connectivity index (χ4v) is 3.06. The molecule has 3 aromatic rings. The molecule has 0 radical (unpaired) electrons. The third-order valence-corrected chi connectivity index (χ3v) is 4.51. The lowest BCUT2D eigenvalue weighted by atomic mass is 10.2. The molecule has 26 heavy (non-hydrogen) atoms. The highest BCUT2D eigenvalue weighted by molar-refractivity contribution is 7.17. The van der Waals surface area contributed by atoms with Gasteiger partial charge in [-0.1, -0.05) is 30.3 Å². The molecule has 132 valence electrons. The van der Waals surface area contributed by atoms with Gasteiger partial charge < -0.3 is 4.42 Å². The summed E-state index contributed by atoms with van der Waals surface area (Å²) in [4.78, 5) is 38.6. The molecule has 0 aliphatic heterocycles. The number of aromatic nitrogens is 1. The first-order valence-electron chi connectivity index (χ1n) is 7.33. The number of hydrazine groups is 1. The fourth-order valence-electron chi connectivity index (χ4n) is 2.09. The van der Waals surface area contributed by atoms with E-state index in [1.165, 1.54) is 11.3 Å². The number of hydrogen-bond donors (Lipinski definition) is 2. The Hall–Kier alpha value is -3.53. The Morgan fingerprint density at radius 1 is 1.12 bits per heavy atom. The van der Waals surface area contributed by atoms with Crippen molar-refractivity contribution in [3.8, 4) is 10.6 Å². The van der Waals surface area contributed by atoms with Crippen molar-refractivity contribution < 1.29 is 18.9 Å². The van der Waals surface area contributed by atoms with Crippen LogP contribution in [0.5, 0.6) is 0 Å². The number of carbonyl (C=O) groups is 2. The van der Waals surface area contributed by atoms with Crippen LogP contribution in [-0.2, 0) is 0 Å². The van der Waals surface area contributed by atoms with Gasteiger partial charge in [0.05, 0.1) is 11.8 Å². The summed E-state index contributed by atoms with van der Waals surface area (Å²) in [5.74, 6) is -2.20. The van der Waals surface area contributed by atoms with E-state index >= 15 is 0 Å². The van der Waals surface area contributed by atoms with Crippen LogP contribution >= 0.6 is 11.3 Å². The number of nitro groups is 1. The van der Waals surface area contributed by atoms with Crippen molar-refractivity contribution in [2.45, 2.75) is 6.92 Å². The summed E-state index contributed by atoms with van der Waals surface area (Å²) in [6, 6.07) is 11.6. The van der Waals surface area contributed by atoms with Crippen LogP contribution in [-0.4, -0.2) is 21.7 Å². The highest BCUT2D eigenvalue weighted by Crippen LogP contribution is 2.27. The van der Waals surface area contributed by atoms with Gasteiger partial charge in [0.1, 0.15) is 14.8 Å². The lowest BCUT2D eigenvalue weighted by Crippen LogP contribution is -2.41. The van der Waals surface area contributed by atoms with Crippen molar-refractivity contribution in [3.05, 3.63) is 68.9 Å². The van der Waals surface area contributed by atoms with Crippen LogP contribution in [0.15, 0.2) is 46.9 Å². The molecule has 0 unspecified atom stereocenters. The summed E-state index contributed by atoms with van der Waals surface area (Å²) >= 11 is 1.19. The third kappa shape index (κ3) is 3.59. The van der Waals surface area contributed by atoms with E-state index in [1.54, 1.807) is 6.92 Å². The van der Waals surface area contributed by atoms with Gasteiger partial charge >= 0.3 is 11.8 Å². The zero-order valence-electron chi connectivity index (χ0n) is 13.4. The molecule has 2 aromatic heterocycles. The monoisotopic (exact) mass is 372 g/mol. The number of furan rings is 1. The van der Waals surface area contributed by atoms with E-state index in [1.807, 2.05) is 30.3 Å². The van der Waals surface area contributed by atoms with Crippen LogP contribution in [0, 0.1) is 17.0 Å². The summed E-state index contributed by atoms with van der Waals surface area (Å²) < 4.78 is 4.76. The van der Waals surface area contributed by atoms with E-state index < -0.39 is 22.6 Å². The summed E-state index contributed by atoms with van der Waals surface area (Å²) in [6.07, 6.45) is 0. The quantitative estimate of drug-likeness (QED) is 0.535. The number of nitrogens with zero attached hydrogens (tertiary/aromatic N) is 2. The Labute approximate surface area is 150 Å². The van der Waals surface area contributed by atoms with Crippen molar-refractivity contribution in [1.29, 1.82) is 0 Å².